The molecule has 3 unspecified atom stereocenters. The molecule has 2 heterocycles. The van der Waals surface area contributed by atoms with Crippen molar-refractivity contribution < 1.29 is 18.0 Å². The molecule has 1 amide bonds. The number of benzene rings is 1. The third kappa shape index (κ3) is 4.18. The minimum absolute atomic E-state index is 0. The van der Waals surface area contributed by atoms with E-state index < -0.39 is 11.7 Å². The number of hydrogen-bond donors (Lipinski definition) is 1. The van der Waals surface area contributed by atoms with Crippen molar-refractivity contribution in [2.45, 2.75) is 31.5 Å². The van der Waals surface area contributed by atoms with Crippen molar-refractivity contribution in [2.24, 2.45) is 17.6 Å². The summed E-state index contributed by atoms with van der Waals surface area (Å²) in [6.45, 7) is 1.46. The second-order valence-electron chi connectivity index (χ2n) is 7.36. The van der Waals surface area contributed by atoms with Crippen LogP contribution in [0.2, 0.25) is 0 Å². The highest BCUT2D eigenvalue weighted by molar-refractivity contribution is 7.13. The third-order valence-electron chi connectivity index (χ3n) is 5.59. The van der Waals surface area contributed by atoms with E-state index in [1.54, 1.807) is 11.4 Å². The fourth-order valence-corrected chi connectivity index (χ4v) is 4.94. The molecule has 1 aromatic heterocycles. The average Bonchev–Trinajstić information content (AvgIpc) is 3.32. The SMILES string of the molecule is Cl.NC1CCC2CN(C(=O)Cc3csc(-c4cccc(C(F)(F)F)c4)n3)CC12. The zero-order valence-electron chi connectivity index (χ0n) is 15.0. The maximum Gasteiger partial charge on any atom is 0.416 e. The van der Waals surface area contributed by atoms with E-state index in [-0.39, 0.29) is 30.8 Å². The largest absolute Gasteiger partial charge is 0.416 e. The van der Waals surface area contributed by atoms with Crippen LogP contribution in [0.25, 0.3) is 10.6 Å². The Morgan fingerprint density at radius 1 is 1.29 bits per heavy atom. The smallest absolute Gasteiger partial charge is 0.342 e. The lowest BCUT2D eigenvalue weighted by molar-refractivity contribution is -0.137. The van der Waals surface area contributed by atoms with Crippen LogP contribution in [0.3, 0.4) is 0 Å². The summed E-state index contributed by atoms with van der Waals surface area (Å²) in [5.41, 5.74) is 6.42. The van der Waals surface area contributed by atoms with Gasteiger partial charge in [-0.3, -0.25) is 4.79 Å². The molecule has 1 saturated carbocycles. The number of nitrogens with zero attached hydrogens (tertiary/aromatic N) is 2. The van der Waals surface area contributed by atoms with E-state index in [0.29, 0.717) is 34.6 Å². The molecule has 1 aliphatic carbocycles. The quantitative estimate of drug-likeness (QED) is 0.799. The first kappa shape index (κ1) is 21.1. The number of hydrogen-bond acceptors (Lipinski definition) is 4. The van der Waals surface area contributed by atoms with E-state index in [0.717, 1.165) is 31.5 Å². The molecule has 1 saturated heterocycles. The van der Waals surface area contributed by atoms with Gasteiger partial charge in [0.15, 0.2) is 0 Å². The van der Waals surface area contributed by atoms with Gasteiger partial charge in [0.1, 0.15) is 5.01 Å². The van der Waals surface area contributed by atoms with Crippen LogP contribution in [-0.2, 0) is 17.4 Å². The van der Waals surface area contributed by atoms with Crippen molar-refractivity contribution in [3.8, 4) is 10.6 Å². The molecule has 1 aliphatic heterocycles. The highest BCUT2D eigenvalue weighted by atomic mass is 35.5. The molecule has 4 rings (SSSR count). The maximum atomic E-state index is 12.9. The molecule has 2 N–H and O–H groups in total. The van der Waals surface area contributed by atoms with Gasteiger partial charge in [-0.15, -0.1) is 23.7 Å². The maximum absolute atomic E-state index is 12.9. The average molecular weight is 432 g/mol. The number of carbonyl (C=O) groups is 1. The second kappa shape index (κ2) is 8.00. The van der Waals surface area contributed by atoms with Crippen LogP contribution >= 0.6 is 23.7 Å². The van der Waals surface area contributed by atoms with Gasteiger partial charge in [0.2, 0.25) is 5.91 Å². The molecular formula is C19H21ClF3N3OS. The first-order valence-corrected chi connectivity index (χ1v) is 9.84. The fourth-order valence-electron chi connectivity index (χ4n) is 4.13. The topological polar surface area (TPSA) is 59.2 Å². The molecule has 2 aliphatic rings. The fraction of sp³-hybridized carbons (Fsp3) is 0.474. The first-order valence-electron chi connectivity index (χ1n) is 8.96. The second-order valence-corrected chi connectivity index (χ2v) is 8.22. The van der Waals surface area contributed by atoms with Gasteiger partial charge in [-0.25, -0.2) is 4.98 Å². The molecule has 152 valence electrons. The van der Waals surface area contributed by atoms with E-state index in [1.165, 1.54) is 17.4 Å². The van der Waals surface area contributed by atoms with Gasteiger partial charge in [0.25, 0.3) is 0 Å². The summed E-state index contributed by atoms with van der Waals surface area (Å²) >= 11 is 1.25. The standard InChI is InChI=1S/C19H20F3N3OS.ClH/c20-19(21,22)13-3-1-2-11(6-13)18-24-14(10-27-18)7-17(26)25-8-12-4-5-16(23)15(12)9-25;/h1-3,6,10,12,15-16H,4-5,7-9,23H2;1H. The van der Waals surface area contributed by atoms with Crippen molar-refractivity contribution in [2.75, 3.05) is 13.1 Å². The lowest BCUT2D eigenvalue weighted by atomic mass is 9.98. The van der Waals surface area contributed by atoms with Crippen LogP contribution in [-0.4, -0.2) is 34.9 Å². The molecule has 4 nitrogen and oxygen atoms in total. The van der Waals surface area contributed by atoms with Gasteiger partial charge < -0.3 is 10.6 Å². The van der Waals surface area contributed by atoms with Crippen LogP contribution in [0.1, 0.15) is 24.1 Å². The highest BCUT2D eigenvalue weighted by Gasteiger charge is 2.42. The molecule has 2 aromatic rings. The number of thiazole rings is 1. The predicted molar refractivity (Wildman–Crippen MR) is 104 cm³/mol. The third-order valence-corrected chi connectivity index (χ3v) is 6.53. The van der Waals surface area contributed by atoms with E-state index >= 15 is 0 Å². The van der Waals surface area contributed by atoms with Crippen molar-refractivity contribution >= 4 is 29.7 Å². The Hall–Kier alpha value is -1.64. The Kier molecular flexibility index (Phi) is 6.03. The molecule has 0 spiro atoms. The van der Waals surface area contributed by atoms with Crippen LogP contribution in [0.5, 0.6) is 0 Å². The number of aromatic nitrogens is 1. The molecule has 3 atom stereocenters. The van der Waals surface area contributed by atoms with Gasteiger partial charge in [0.05, 0.1) is 17.7 Å². The Balaban J connectivity index is 0.00000225. The highest BCUT2D eigenvalue weighted by Crippen LogP contribution is 2.37. The Morgan fingerprint density at radius 2 is 2.07 bits per heavy atom. The monoisotopic (exact) mass is 431 g/mol. The van der Waals surface area contributed by atoms with Crippen LogP contribution < -0.4 is 5.73 Å². The molecule has 1 aromatic carbocycles. The summed E-state index contributed by atoms with van der Waals surface area (Å²) in [6.07, 6.45) is -2.11. The zero-order valence-corrected chi connectivity index (χ0v) is 16.6. The summed E-state index contributed by atoms with van der Waals surface area (Å²) in [7, 11) is 0. The van der Waals surface area contributed by atoms with Gasteiger partial charge in [-0.1, -0.05) is 12.1 Å². The van der Waals surface area contributed by atoms with Crippen LogP contribution in [0, 0.1) is 11.8 Å². The van der Waals surface area contributed by atoms with Crippen LogP contribution in [0.15, 0.2) is 29.6 Å². The normalized spacial score (nSPS) is 24.1. The van der Waals surface area contributed by atoms with Crippen molar-refractivity contribution in [1.82, 2.24) is 9.88 Å². The van der Waals surface area contributed by atoms with Crippen molar-refractivity contribution in [3.05, 3.63) is 40.9 Å². The number of alkyl halides is 3. The molecule has 0 radical (unpaired) electrons. The number of amides is 1. The number of nitrogens with two attached hydrogens (primary N) is 1. The van der Waals surface area contributed by atoms with Gasteiger partial charge in [0, 0.05) is 30.1 Å². The van der Waals surface area contributed by atoms with Gasteiger partial charge in [-0.2, -0.15) is 13.2 Å². The number of carbonyl (C=O) groups excluding carboxylic acids is 1. The number of fused-ring (bicyclic) bond motifs is 1. The summed E-state index contributed by atoms with van der Waals surface area (Å²) in [5, 5.41) is 2.24. The van der Waals surface area contributed by atoms with E-state index in [4.69, 9.17) is 5.73 Å². The summed E-state index contributed by atoms with van der Waals surface area (Å²) in [6, 6.07) is 5.28. The summed E-state index contributed by atoms with van der Waals surface area (Å²) in [5.74, 6) is 0.905. The molecule has 0 bridgehead atoms. The van der Waals surface area contributed by atoms with Gasteiger partial charge >= 0.3 is 6.18 Å². The molecule has 28 heavy (non-hydrogen) atoms. The van der Waals surface area contributed by atoms with E-state index in [9.17, 15) is 18.0 Å². The molecular weight excluding hydrogens is 411 g/mol. The predicted octanol–water partition coefficient (Wildman–Crippen LogP) is 3.99. The van der Waals surface area contributed by atoms with Crippen molar-refractivity contribution in [3.63, 3.8) is 0 Å². The van der Waals surface area contributed by atoms with E-state index in [2.05, 4.69) is 4.98 Å². The van der Waals surface area contributed by atoms with Crippen molar-refractivity contribution in [1.29, 1.82) is 0 Å². The number of likely N-dealkylation sites (tertiary alicyclic amines) is 1. The van der Waals surface area contributed by atoms with Crippen LogP contribution in [0.4, 0.5) is 13.2 Å². The van der Waals surface area contributed by atoms with Gasteiger partial charge in [-0.05, 0) is 36.8 Å². The lowest BCUT2D eigenvalue weighted by Gasteiger charge is -2.18. The lowest BCUT2D eigenvalue weighted by Crippen LogP contribution is -2.34. The summed E-state index contributed by atoms with van der Waals surface area (Å²) < 4.78 is 38.6. The van der Waals surface area contributed by atoms with E-state index in [1.807, 2.05) is 4.90 Å². The molecule has 2 fully saturated rings. The zero-order chi connectivity index (χ0) is 19.2. The number of rotatable bonds is 3. The number of halogens is 4. The minimum atomic E-state index is -4.39. The first-order chi connectivity index (χ1) is 12.8. The molecule has 9 heteroatoms. The Labute approximate surface area is 171 Å². The minimum Gasteiger partial charge on any atom is -0.342 e. The summed E-state index contributed by atoms with van der Waals surface area (Å²) in [4.78, 5) is 18.8. The Morgan fingerprint density at radius 3 is 2.79 bits per heavy atom. The Bertz CT molecular complexity index is 857.